The van der Waals surface area contributed by atoms with Crippen LogP contribution >= 0.6 is 7.29 Å². The standard InChI is InChI=1S/C21H20NOP/c1-2-21(18-12-6-3-7-13-18)22-24(23,19-14-8-4-9-15-19)20-16-10-5-11-17-20/h2-17,21H,1H2,(H,22,23). The van der Waals surface area contributed by atoms with Crippen molar-refractivity contribution in [2.24, 2.45) is 0 Å². The van der Waals surface area contributed by atoms with Crippen molar-refractivity contribution >= 4 is 17.9 Å². The first-order valence-corrected chi connectivity index (χ1v) is 9.61. The molecule has 24 heavy (non-hydrogen) atoms. The fourth-order valence-electron chi connectivity index (χ4n) is 2.69. The third-order valence-electron chi connectivity index (χ3n) is 3.95. The molecule has 3 rings (SSSR count). The quantitative estimate of drug-likeness (QED) is 0.534. The minimum Gasteiger partial charge on any atom is -0.296 e. The Morgan fingerprint density at radius 2 is 1.17 bits per heavy atom. The van der Waals surface area contributed by atoms with E-state index in [4.69, 9.17) is 0 Å². The van der Waals surface area contributed by atoms with Crippen molar-refractivity contribution in [3.63, 3.8) is 0 Å². The Balaban J connectivity index is 2.06. The first-order valence-electron chi connectivity index (χ1n) is 7.90. The molecule has 120 valence electrons. The molecule has 0 aliphatic carbocycles. The van der Waals surface area contributed by atoms with Gasteiger partial charge in [0, 0.05) is 10.6 Å². The average Bonchev–Trinajstić information content (AvgIpc) is 2.68. The minimum absolute atomic E-state index is 0.197. The maximum absolute atomic E-state index is 14.0. The van der Waals surface area contributed by atoms with Gasteiger partial charge in [-0.3, -0.25) is 4.57 Å². The van der Waals surface area contributed by atoms with Gasteiger partial charge in [-0.25, -0.2) is 5.09 Å². The van der Waals surface area contributed by atoms with Crippen molar-refractivity contribution in [1.29, 1.82) is 0 Å². The number of nitrogens with one attached hydrogen (secondary N) is 1. The highest BCUT2D eigenvalue weighted by molar-refractivity contribution is 7.76. The van der Waals surface area contributed by atoms with Crippen molar-refractivity contribution in [3.8, 4) is 0 Å². The lowest BCUT2D eigenvalue weighted by Gasteiger charge is -2.25. The Kier molecular flexibility index (Phi) is 5.10. The molecular weight excluding hydrogens is 313 g/mol. The Morgan fingerprint density at radius 1 is 0.750 bits per heavy atom. The van der Waals surface area contributed by atoms with Crippen molar-refractivity contribution in [3.05, 3.63) is 109 Å². The van der Waals surface area contributed by atoms with Crippen LogP contribution in [-0.2, 0) is 4.57 Å². The molecule has 0 saturated heterocycles. The lowest BCUT2D eigenvalue weighted by Crippen LogP contribution is -2.29. The van der Waals surface area contributed by atoms with Crippen LogP contribution in [-0.4, -0.2) is 0 Å². The van der Waals surface area contributed by atoms with Gasteiger partial charge in [-0.15, -0.1) is 6.58 Å². The molecule has 3 aromatic rings. The van der Waals surface area contributed by atoms with Crippen LogP contribution in [0.2, 0.25) is 0 Å². The predicted octanol–water partition coefficient (Wildman–Crippen LogP) is 4.43. The molecule has 0 aliphatic rings. The molecule has 0 heterocycles. The van der Waals surface area contributed by atoms with Crippen molar-refractivity contribution in [1.82, 2.24) is 5.09 Å². The summed E-state index contributed by atoms with van der Waals surface area (Å²) in [6.45, 7) is 3.93. The monoisotopic (exact) mass is 333 g/mol. The van der Waals surface area contributed by atoms with Crippen LogP contribution in [0, 0.1) is 0 Å². The van der Waals surface area contributed by atoms with Gasteiger partial charge >= 0.3 is 0 Å². The zero-order valence-corrected chi connectivity index (χ0v) is 14.3. The van der Waals surface area contributed by atoms with Crippen LogP contribution in [0.1, 0.15) is 11.6 Å². The third-order valence-corrected chi connectivity index (χ3v) is 6.65. The molecule has 0 aliphatic heterocycles. The van der Waals surface area contributed by atoms with E-state index in [-0.39, 0.29) is 6.04 Å². The molecule has 0 aromatic heterocycles. The van der Waals surface area contributed by atoms with Crippen LogP contribution in [0.25, 0.3) is 0 Å². The van der Waals surface area contributed by atoms with E-state index in [1.54, 1.807) is 6.08 Å². The summed E-state index contributed by atoms with van der Waals surface area (Å²) in [7, 11) is -2.98. The molecule has 0 fully saturated rings. The van der Waals surface area contributed by atoms with E-state index in [9.17, 15) is 4.57 Å². The molecule has 0 bridgehead atoms. The molecule has 3 aromatic carbocycles. The second kappa shape index (κ2) is 7.44. The van der Waals surface area contributed by atoms with Crippen LogP contribution in [0.5, 0.6) is 0 Å². The molecule has 0 spiro atoms. The van der Waals surface area contributed by atoms with E-state index in [2.05, 4.69) is 11.7 Å². The van der Waals surface area contributed by atoms with Crippen molar-refractivity contribution < 1.29 is 4.57 Å². The van der Waals surface area contributed by atoms with Gasteiger partial charge in [-0.2, -0.15) is 0 Å². The highest BCUT2D eigenvalue weighted by Gasteiger charge is 2.29. The zero-order valence-electron chi connectivity index (χ0n) is 13.4. The maximum Gasteiger partial charge on any atom is 0.205 e. The van der Waals surface area contributed by atoms with Crippen LogP contribution in [0.4, 0.5) is 0 Å². The second-order valence-electron chi connectivity index (χ2n) is 5.53. The van der Waals surface area contributed by atoms with Gasteiger partial charge in [0.15, 0.2) is 0 Å². The van der Waals surface area contributed by atoms with Crippen LogP contribution < -0.4 is 15.7 Å². The number of hydrogen-bond acceptors (Lipinski definition) is 1. The van der Waals surface area contributed by atoms with Gasteiger partial charge in [-0.05, 0) is 29.8 Å². The SMILES string of the molecule is C=CC(NP(=O)(c1ccccc1)c1ccccc1)c1ccccc1. The fourth-order valence-corrected chi connectivity index (χ4v) is 5.12. The molecule has 0 amide bonds. The lowest BCUT2D eigenvalue weighted by molar-refractivity contribution is 0.573. The van der Waals surface area contributed by atoms with Gasteiger partial charge in [0.25, 0.3) is 0 Å². The van der Waals surface area contributed by atoms with E-state index >= 15 is 0 Å². The normalized spacial score (nSPS) is 12.5. The molecule has 1 unspecified atom stereocenters. The van der Waals surface area contributed by atoms with E-state index < -0.39 is 7.29 Å². The van der Waals surface area contributed by atoms with E-state index in [0.29, 0.717) is 0 Å². The Morgan fingerprint density at radius 3 is 1.58 bits per heavy atom. The summed E-state index contributed by atoms with van der Waals surface area (Å²) in [5, 5.41) is 4.95. The molecular formula is C21H20NOP. The third kappa shape index (κ3) is 3.41. The second-order valence-corrected chi connectivity index (χ2v) is 8.04. The summed E-state index contributed by atoms with van der Waals surface area (Å²) in [6.07, 6.45) is 1.80. The van der Waals surface area contributed by atoms with Crippen LogP contribution in [0.3, 0.4) is 0 Å². The topological polar surface area (TPSA) is 29.1 Å². The largest absolute Gasteiger partial charge is 0.296 e. The van der Waals surface area contributed by atoms with Gasteiger partial charge in [0.1, 0.15) is 0 Å². The molecule has 0 radical (unpaired) electrons. The molecule has 0 saturated carbocycles. The highest BCUT2D eigenvalue weighted by atomic mass is 31.2. The summed E-state index contributed by atoms with van der Waals surface area (Å²) in [4.78, 5) is 0. The Bertz CT molecular complexity index is 788. The molecule has 1 atom stereocenters. The predicted molar refractivity (Wildman–Crippen MR) is 102 cm³/mol. The summed E-state index contributed by atoms with van der Waals surface area (Å²) in [5.74, 6) is 0. The van der Waals surface area contributed by atoms with Gasteiger partial charge in [-0.1, -0.05) is 72.8 Å². The highest BCUT2D eigenvalue weighted by Crippen LogP contribution is 2.41. The Labute approximate surface area is 143 Å². The van der Waals surface area contributed by atoms with Crippen LogP contribution in [0.15, 0.2) is 104 Å². The van der Waals surface area contributed by atoms with Gasteiger partial charge in [0.2, 0.25) is 7.29 Å². The minimum atomic E-state index is -2.98. The summed E-state index contributed by atoms with van der Waals surface area (Å²) >= 11 is 0. The molecule has 3 heteroatoms. The van der Waals surface area contributed by atoms with Gasteiger partial charge < -0.3 is 0 Å². The van der Waals surface area contributed by atoms with Crippen molar-refractivity contribution in [2.45, 2.75) is 6.04 Å². The summed E-state index contributed by atoms with van der Waals surface area (Å²) < 4.78 is 14.0. The first kappa shape index (κ1) is 16.4. The smallest absolute Gasteiger partial charge is 0.205 e. The molecule has 2 nitrogen and oxygen atoms in total. The number of hydrogen-bond donors (Lipinski definition) is 1. The molecule has 1 N–H and O–H groups in total. The lowest BCUT2D eigenvalue weighted by atomic mass is 10.1. The van der Waals surface area contributed by atoms with E-state index in [1.807, 2.05) is 91.0 Å². The van der Waals surface area contributed by atoms with Crippen molar-refractivity contribution in [2.75, 3.05) is 0 Å². The Hall–Kier alpha value is -2.41. The summed E-state index contributed by atoms with van der Waals surface area (Å²) in [6, 6.07) is 28.9. The summed E-state index contributed by atoms with van der Waals surface area (Å²) in [5.41, 5.74) is 1.04. The average molecular weight is 333 g/mol. The first-order chi connectivity index (χ1) is 11.7. The number of rotatable bonds is 6. The number of benzene rings is 3. The van der Waals surface area contributed by atoms with E-state index in [1.165, 1.54) is 0 Å². The zero-order chi connectivity index (χ0) is 16.8. The fraction of sp³-hybridized carbons (Fsp3) is 0.0476. The van der Waals surface area contributed by atoms with E-state index in [0.717, 1.165) is 16.2 Å². The maximum atomic E-state index is 14.0. The van der Waals surface area contributed by atoms with Gasteiger partial charge in [0.05, 0.1) is 6.04 Å².